The van der Waals surface area contributed by atoms with Crippen molar-refractivity contribution in [2.24, 2.45) is 7.05 Å². The highest BCUT2D eigenvalue weighted by atomic mass is 15.2. The van der Waals surface area contributed by atoms with E-state index < -0.39 is 0 Å². The zero-order valence-corrected chi connectivity index (χ0v) is 13.5. The summed E-state index contributed by atoms with van der Waals surface area (Å²) in [6.45, 7) is 12.2. The van der Waals surface area contributed by atoms with Crippen LogP contribution in [-0.4, -0.2) is 19.3 Å². The van der Waals surface area contributed by atoms with Gasteiger partial charge in [0.15, 0.2) is 0 Å². The van der Waals surface area contributed by atoms with Crippen LogP contribution in [0.3, 0.4) is 0 Å². The molecule has 0 saturated carbocycles. The van der Waals surface area contributed by atoms with Gasteiger partial charge in [-0.05, 0) is 17.4 Å². The van der Waals surface area contributed by atoms with E-state index >= 15 is 0 Å². The monoisotopic (exact) mass is 274 g/mol. The van der Waals surface area contributed by atoms with Crippen LogP contribution in [0, 0.1) is 0 Å². The Bertz CT molecular complexity index is 569. The smallest absolute Gasteiger partial charge is 0.0948 e. The SMILES string of the molecule is Cn1cc(C(C)(C)CCn2cncc2C(C)(C)C)cn1. The second-order valence-electron chi connectivity index (χ2n) is 7.26. The fourth-order valence-corrected chi connectivity index (χ4v) is 2.44. The molecule has 0 atom stereocenters. The van der Waals surface area contributed by atoms with E-state index in [2.05, 4.69) is 55.5 Å². The molecule has 2 aromatic rings. The van der Waals surface area contributed by atoms with Crippen LogP contribution in [0.15, 0.2) is 24.9 Å². The van der Waals surface area contributed by atoms with Crippen molar-refractivity contribution in [2.45, 2.75) is 58.4 Å². The number of rotatable bonds is 4. The van der Waals surface area contributed by atoms with E-state index in [9.17, 15) is 0 Å². The van der Waals surface area contributed by atoms with Gasteiger partial charge in [-0.15, -0.1) is 0 Å². The first-order valence-electron chi connectivity index (χ1n) is 7.20. The second-order valence-corrected chi connectivity index (χ2v) is 7.26. The molecule has 0 aliphatic carbocycles. The molecule has 4 heteroatoms. The van der Waals surface area contributed by atoms with Gasteiger partial charge < -0.3 is 4.57 Å². The Morgan fingerprint density at radius 3 is 2.35 bits per heavy atom. The highest BCUT2D eigenvalue weighted by Crippen LogP contribution is 2.28. The van der Waals surface area contributed by atoms with Crippen molar-refractivity contribution in [3.63, 3.8) is 0 Å². The first-order valence-corrected chi connectivity index (χ1v) is 7.20. The third kappa shape index (κ3) is 3.11. The number of imidazole rings is 1. The summed E-state index contributed by atoms with van der Waals surface area (Å²) in [6, 6.07) is 0. The van der Waals surface area contributed by atoms with E-state index in [4.69, 9.17) is 0 Å². The van der Waals surface area contributed by atoms with Gasteiger partial charge in [-0.2, -0.15) is 5.10 Å². The van der Waals surface area contributed by atoms with Crippen LogP contribution in [0.1, 0.15) is 52.3 Å². The van der Waals surface area contributed by atoms with E-state index in [0.717, 1.165) is 13.0 Å². The molecule has 0 fully saturated rings. The Balaban J connectivity index is 2.11. The highest BCUT2D eigenvalue weighted by Gasteiger charge is 2.24. The summed E-state index contributed by atoms with van der Waals surface area (Å²) < 4.78 is 4.15. The lowest BCUT2D eigenvalue weighted by Gasteiger charge is -2.26. The largest absolute Gasteiger partial charge is 0.334 e. The molecule has 4 nitrogen and oxygen atoms in total. The highest BCUT2D eigenvalue weighted by molar-refractivity contribution is 5.17. The molecule has 0 bridgehead atoms. The van der Waals surface area contributed by atoms with Crippen LogP contribution in [0.5, 0.6) is 0 Å². The standard InChI is InChI=1S/C16H26N4/c1-15(2,3)14-10-17-12-20(14)8-7-16(4,5)13-9-18-19(6)11-13/h9-12H,7-8H2,1-6H3. The Labute approximate surface area is 121 Å². The lowest BCUT2D eigenvalue weighted by molar-refractivity contribution is 0.417. The number of aryl methyl sites for hydroxylation is 2. The van der Waals surface area contributed by atoms with Gasteiger partial charge >= 0.3 is 0 Å². The van der Waals surface area contributed by atoms with Crippen molar-refractivity contribution < 1.29 is 0 Å². The molecule has 0 aromatic carbocycles. The van der Waals surface area contributed by atoms with Crippen LogP contribution < -0.4 is 0 Å². The normalized spacial score (nSPS) is 12.9. The van der Waals surface area contributed by atoms with E-state index in [0.29, 0.717) is 0 Å². The van der Waals surface area contributed by atoms with Gasteiger partial charge in [0.25, 0.3) is 0 Å². The Kier molecular flexibility index (Phi) is 3.76. The van der Waals surface area contributed by atoms with E-state index in [1.54, 1.807) is 0 Å². The van der Waals surface area contributed by atoms with Gasteiger partial charge in [0, 0.05) is 37.1 Å². The zero-order valence-electron chi connectivity index (χ0n) is 13.5. The molecular formula is C16H26N4. The molecule has 0 saturated heterocycles. The lowest BCUT2D eigenvalue weighted by Crippen LogP contribution is -2.22. The molecule has 2 heterocycles. The molecule has 0 aliphatic rings. The van der Waals surface area contributed by atoms with E-state index in [1.165, 1.54) is 11.3 Å². The predicted molar refractivity (Wildman–Crippen MR) is 81.8 cm³/mol. The molecule has 110 valence electrons. The van der Waals surface area contributed by atoms with Crippen molar-refractivity contribution in [3.8, 4) is 0 Å². The maximum Gasteiger partial charge on any atom is 0.0948 e. The molecule has 0 aliphatic heterocycles. The molecular weight excluding hydrogens is 248 g/mol. The fourth-order valence-electron chi connectivity index (χ4n) is 2.44. The average molecular weight is 274 g/mol. The minimum Gasteiger partial charge on any atom is -0.334 e. The van der Waals surface area contributed by atoms with Crippen molar-refractivity contribution in [1.82, 2.24) is 19.3 Å². The van der Waals surface area contributed by atoms with Crippen LogP contribution in [0.25, 0.3) is 0 Å². The molecule has 0 unspecified atom stereocenters. The third-order valence-electron chi connectivity index (χ3n) is 3.94. The van der Waals surface area contributed by atoms with Crippen molar-refractivity contribution >= 4 is 0 Å². The van der Waals surface area contributed by atoms with E-state index in [-0.39, 0.29) is 10.8 Å². The van der Waals surface area contributed by atoms with Gasteiger partial charge in [-0.1, -0.05) is 34.6 Å². The molecule has 20 heavy (non-hydrogen) atoms. The quantitative estimate of drug-likeness (QED) is 0.857. The summed E-state index contributed by atoms with van der Waals surface area (Å²) in [6.07, 6.45) is 9.08. The van der Waals surface area contributed by atoms with Gasteiger partial charge in [0.2, 0.25) is 0 Å². The van der Waals surface area contributed by atoms with Crippen LogP contribution >= 0.6 is 0 Å². The van der Waals surface area contributed by atoms with E-state index in [1.807, 2.05) is 30.5 Å². The summed E-state index contributed by atoms with van der Waals surface area (Å²) >= 11 is 0. The molecule has 0 amide bonds. The van der Waals surface area contributed by atoms with Crippen LogP contribution in [0.4, 0.5) is 0 Å². The number of aromatic nitrogens is 4. The lowest BCUT2D eigenvalue weighted by atomic mass is 9.83. The number of nitrogens with zero attached hydrogens (tertiary/aromatic N) is 4. The first kappa shape index (κ1) is 14.8. The summed E-state index contributed by atoms with van der Waals surface area (Å²) in [5.74, 6) is 0. The summed E-state index contributed by atoms with van der Waals surface area (Å²) in [5.41, 5.74) is 2.83. The molecule has 2 aromatic heterocycles. The van der Waals surface area contributed by atoms with Gasteiger partial charge in [0.1, 0.15) is 0 Å². The fraction of sp³-hybridized carbons (Fsp3) is 0.625. The van der Waals surface area contributed by atoms with Gasteiger partial charge in [0.05, 0.1) is 12.5 Å². The molecule has 0 radical (unpaired) electrons. The number of hydrogen-bond donors (Lipinski definition) is 0. The average Bonchev–Trinajstić information content (AvgIpc) is 2.93. The van der Waals surface area contributed by atoms with Crippen LogP contribution in [0.2, 0.25) is 0 Å². The van der Waals surface area contributed by atoms with Gasteiger partial charge in [-0.3, -0.25) is 4.68 Å². The van der Waals surface area contributed by atoms with Crippen molar-refractivity contribution in [3.05, 3.63) is 36.2 Å². The number of hydrogen-bond acceptors (Lipinski definition) is 2. The maximum atomic E-state index is 4.31. The zero-order chi connectivity index (χ0) is 15.0. The third-order valence-corrected chi connectivity index (χ3v) is 3.94. The van der Waals surface area contributed by atoms with Crippen molar-refractivity contribution in [1.29, 1.82) is 0 Å². The summed E-state index contributed by atoms with van der Waals surface area (Å²) in [5, 5.41) is 4.28. The van der Waals surface area contributed by atoms with Gasteiger partial charge in [-0.25, -0.2) is 4.98 Å². The minimum atomic E-state index is 0.119. The molecule has 0 N–H and O–H groups in total. The van der Waals surface area contributed by atoms with Crippen LogP contribution in [-0.2, 0) is 24.4 Å². The molecule has 0 spiro atoms. The summed E-state index contributed by atoms with van der Waals surface area (Å²) in [4.78, 5) is 4.31. The minimum absolute atomic E-state index is 0.119. The Hall–Kier alpha value is -1.58. The predicted octanol–water partition coefficient (Wildman–Crippen LogP) is 3.28. The first-order chi connectivity index (χ1) is 9.20. The second kappa shape index (κ2) is 5.08. The Morgan fingerprint density at radius 2 is 1.80 bits per heavy atom. The summed E-state index contributed by atoms with van der Waals surface area (Å²) in [7, 11) is 1.97. The Morgan fingerprint density at radius 1 is 1.10 bits per heavy atom. The topological polar surface area (TPSA) is 35.6 Å². The maximum absolute atomic E-state index is 4.31. The molecule has 2 rings (SSSR count). The van der Waals surface area contributed by atoms with Crippen molar-refractivity contribution in [2.75, 3.05) is 0 Å².